The van der Waals surface area contributed by atoms with Crippen LogP contribution >= 0.6 is 27.5 Å². The summed E-state index contributed by atoms with van der Waals surface area (Å²) >= 11 is 9.49. The van der Waals surface area contributed by atoms with Gasteiger partial charge in [0, 0.05) is 23.6 Å². The second-order valence-electron chi connectivity index (χ2n) is 3.96. The summed E-state index contributed by atoms with van der Waals surface area (Å²) in [6.45, 7) is 2.39. The Hall–Kier alpha value is -1.07. The zero-order valence-corrected chi connectivity index (χ0v) is 12.3. The third kappa shape index (κ3) is 2.67. The monoisotopic (exact) mass is 331 g/mol. The van der Waals surface area contributed by atoms with Gasteiger partial charge in [-0.1, -0.05) is 11.6 Å². The van der Waals surface area contributed by atoms with Gasteiger partial charge in [0.15, 0.2) is 0 Å². The summed E-state index contributed by atoms with van der Waals surface area (Å²) in [6, 6.07) is 4.50. The number of hydrogen-bond donors (Lipinski definition) is 1. The fourth-order valence-corrected chi connectivity index (χ4v) is 2.32. The molecule has 1 aromatic carbocycles. The number of nitrogens with zero attached hydrogens (tertiary/aromatic N) is 2. The Morgan fingerprint density at radius 2 is 2.22 bits per heavy atom. The van der Waals surface area contributed by atoms with E-state index in [1.807, 2.05) is 6.92 Å². The van der Waals surface area contributed by atoms with Crippen molar-refractivity contribution in [2.24, 2.45) is 7.05 Å². The Morgan fingerprint density at radius 3 is 2.83 bits per heavy atom. The molecule has 1 N–H and O–H groups in total. The molecule has 0 unspecified atom stereocenters. The molecular formula is C12H12BrClFN3. The van der Waals surface area contributed by atoms with Crippen molar-refractivity contribution in [2.75, 3.05) is 5.32 Å². The zero-order chi connectivity index (χ0) is 13.3. The average Bonchev–Trinajstić information content (AvgIpc) is 2.55. The molecule has 0 saturated heterocycles. The van der Waals surface area contributed by atoms with Crippen molar-refractivity contribution in [3.63, 3.8) is 0 Å². The Balaban J connectivity index is 2.19. The molecule has 2 rings (SSSR count). The molecule has 96 valence electrons. The Morgan fingerprint density at radius 1 is 1.50 bits per heavy atom. The average molecular weight is 333 g/mol. The van der Waals surface area contributed by atoms with Crippen molar-refractivity contribution in [3.8, 4) is 0 Å². The van der Waals surface area contributed by atoms with Gasteiger partial charge in [-0.3, -0.25) is 4.68 Å². The van der Waals surface area contributed by atoms with Gasteiger partial charge >= 0.3 is 0 Å². The molecule has 0 aliphatic heterocycles. The van der Waals surface area contributed by atoms with Gasteiger partial charge < -0.3 is 5.32 Å². The maximum absolute atomic E-state index is 13.1. The number of halogens is 3. The molecule has 0 saturated carbocycles. The molecule has 2 aromatic rings. The fraction of sp³-hybridized carbons (Fsp3) is 0.250. The number of aromatic nitrogens is 2. The summed E-state index contributed by atoms with van der Waals surface area (Å²) in [5.74, 6) is -0.283. The van der Waals surface area contributed by atoms with E-state index >= 15 is 0 Å². The fourth-order valence-electron chi connectivity index (χ4n) is 1.69. The number of nitrogens with one attached hydrogen (secondary N) is 1. The van der Waals surface area contributed by atoms with Gasteiger partial charge in [-0.05, 0) is 41.1 Å². The predicted molar refractivity (Wildman–Crippen MR) is 74.4 cm³/mol. The minimum absolute atomic E-state index is 0.283. The highest BCUT2D eigenvalue weighted by molar-refractivity contribution is 9.10. The van der Waals surface area contributed by atoms with E-state index in [-0.39, 0.29) is 5.82 Å². The topological polar surface area (TPSA) is 29.9 Å². The van der Waals surface area contributed by atoms with E-state index in [4.69, 9.17) is 11.6 Å². The normalized spacial score (nSPS) is 10.7. The van der Waals surface area contributed by atoms with Crippen LogP contribution in [0.3, 0.4) is 0 Å². The smallest absolute Gasteiger partial charge is 0.131 e. The van der Waals surface area contributed by atoms with Crippen LogP contribution < -0.4 is 5.32 Å². The summed E-state index contributed by atoms with van der Waals surface area (Å²) in [5, 5.41) is 7.95. The molecule has 3 nitrogen and oxygen atoms in total. The SMILES string of the molecule is Cc1nn(C)c(Cl)c1CNc1cc(F)ccc1Br. The van der Waals surface area contributed by atoms with Crippen molar-refractivity contribution in [3.05, 3.63) is 44.9 Å². The van der Waals surface area contributed by atoms with Crippen LogP contribution in [0, 0.1) is 12.7 Å². The van der Waals surface area contributed by atoms with E-state index < -0.39 is 0 Å². The highest BCUT2D eigenvalue weighted by Crippen LogP contribution is 2.25. The Bertz CT molecular complexity index is 583. The van der Waals surface area contributed by atoms with Gasteiger partial charge in [-0.25, -0.2) is 4.39 Å². The van der Waals surface area contributed by atoms with Crippen LogP contribution in [-0.2, 0) is 13.6 Å². The lowest BCUT2D eigenvalue weighted by Gasteiger charge is -2.08. The van der Waals surface area contributed by atoms with Gasteiger partial charge in [-0.15, -0.1) is 0 Å². The summed E-state index contributed by atoms with van der Waals surface area (Å²) in [6.07, 6.45) is 0. The second-order valence-corrected chi connectivity index (χ2v) is 5.17. The van der Waals surface area contributed by atoms with Crippen LogP contribution in [0.15, 0.2) is 22.7 Å². The first-order valence-corrected chi connectivity index (χ1v) is 6.53. The first kappa shape index (κ1) is 13.4. The van der Waals surface area contributed by atoms with Crippen LogP contribution in [0.25, 0.3) is 0 Å². The van der Waals surface area contributed by atoms with E-state index in [0.29, 0.717) is 17.4 Å². The molecule has 0 fully saturated rings. The molecule has 1 heterocycles. The Kier molecular flexibility index (Phi) is 3.92. The number of hydrogen-bond acceptors (Lipinski definition) is 2. The third-order valence-corrected chi connectivity index (χ3v) is 3.82. The molecule has 18 heavy (non-hydrogen) atoms. The van der Waals surface area contributed by atoms with E-state index in [0.717, 1.165) is 15.7 Å². The standard InChI is InChI=1S/C12H12BrClFN3/c1-7-9(12(14)18(2)17-7)6-16-11-5-8(15)3-4-10(11)13/h3-5,16H,6H2,1-2H3. The number of benzene rings is 1. The first-order valence-electron chi connectivity index (χ1n) is 5.36. The van der Waals surface area contributed by atoms with Gasteiger partial charge in [0.25, 0.3) is 0 Å². The second kappa shape index (κ2) is 5.28. The maximum atomic E-state index is 13.1. The number of rotatable bonds is 3. The highest BCUT2D eigenvalue weighted by Gasteiger charge is 2.11. The van der Waals surface area contributed by atoms with Crippen LogP contribution in [0.4, 0.5) is 10.1 Å². The maximum Gasteiger partial charge on any atom is 0.131 e. The predicted octanol–water partition coefficient (Wildman–Crippen LogP) is 3.90. The van der Waals surface area contributed by atoms with Crippen LogP contribution in [-0.4, -0.2) is 9.78 Å². The molecule has 0 aliphatic carbocycles. The third-order valence-electron chi connectivity index (χ3n) is 2.65. The van der Waals surface area contributed by atoms with E-state index in [9.17, 15) is 4.39 Å². The van der Waals surface area contributed by atoms with Crippen molar-refractivity contribution in [1.82, 2.24) is 9.78 Å². The van der Waals surface area contributed by atoms with Crippen LogP contribution in [0.5, 0.6) is 0 Å². The van der Waals surface area contributed by atoms with Crippen molar-refractivity contribution in [1.29, 1.82) is 0 Å². The minimum Gasteiger partial charge on any atom is -0.380 e. The molecule has 0 aliphatic rings. The van der Waals surface area contributed by atoms with E-state index in [2.05, 4.69) is 26.3 Å². The highest BCUT2D eigenvalue weighted by atomic mass is 79.9. The Labute approximate surface area is 118 Å². The molecule has 0 bridgehead atoms. The quantitative estimate of drug-likeness (QED) is 0.924. The number of anilines is 1. The summed E-state index contributed by atoms with van der Waals surface area (Å²) in [7, 11) is 1.79. The zero-order valence-electron chi connectivity index (χ0n) is 9.97. The van der Waals surface area contributed by atoms with Gasteiger partial charge in [-0.2, -0.15) is 5.10 Å². The van der Waals surface area contributed by atoms with Crippen LogP contribution in [0.1, 0.15) is 11.3 Å². The molecule has 0 atom stereocenters. The van der Waals surface area contributed by atoms with Crippen molar-refractivity contribution < 1.29 is 4.39 Å². The lowest BCUT2D eigenvalue weighted by Crippen LogP contribution is -2.01. The van der Waals surface area contributed by atoms with Gasteiger partial charge in [0.2, 0.25) is 0 Å². The van der Waals surface area contributed by atoms with Crippen molar-refractivity contribution >= 4 is 33.2 Å². The molecule has 1 aromatic heterocycles. The lowest BCUT2D eigenvalue weighted by molar-refractivity contribution is 0.628. The largest absolute Gasteiger partial charge is 0.380 e. The van der Waals surface area contributed by atoms with Crippen LogP contribution in [0.2, 0.25) is 5.15 Å². The summed E-state index contributed by atoms with van der Waals surface area (Å²) in [4.78, 5) is 0. The molecule has 6 heteroatoms. The molecule has 0 radical (unpaired) electrons. The number of aryl methyl sites for hydroxylation is 2. The van der Waals surface area contributed by atoms with Crippen molar-refractivity contribution in [2.45, 2.75) is 13.5 Å². The minimum atomic E-state index is -0.283. The van der Waals surface area contributed by atoms with Gasteiger partial charge in [0.1, 0.15) is 11.0 Å². The molecular weight excluding hydrogens is 321 g/mol. The van der Waals surface area contributed by atoms with Gasteiger partial charge in [0.05, 0.1) is 11.4 Å². The summed E-state index contributed by atoms with van der Waals surface area (Å²) < 4.78 is 15.6. The van der Waals surface area contributed by atoms with E-state index in [1.54, 1.807) is 17.8 Å². The molecule has 0 amide bonds. The van der Waals surface area contributed by atoms with E-state index in [1.165, 1.54) is 12.1 Å². The molecule has 0 spiro atoms. The summed E-state index contributed by atoms with van der Waals surface area (Å²) in [5.41, 5.74) is 2.46. The first-order chi connectivity index (χ1) is 8.49. The lowest BCUT2D eigenvalue weighted by atomic mass is 10.2.